The van der Waals surface area contributed by atoms with Gasteiger partial charge in [-0.25, -0.2) is 4.68 Å². The summed E-state index contributed by atoms with van der Waals surface area (Å²) in [6.45, 7) is 5.29. The molecule has 1 saturated heterocycles. The molecule has 3 rings (SSSR count). The van der Waals surface area contributed by atoms with Gasteiger partial charge in [0.15, 0.2) is 0 Å². The fourth-order valence-corrected chi connectivity index (χ4v) is 2.89. The number of hydrogen-bond donors (Lipinski definition) is 1. The first-order valence-corrected chi connectivity index (χ1v) is 8.44. The van der Waals surface area contributed by atoms with Gasteiger partial charge >= 0.3 is 0 Å². The van der Waals surface area contributed by atoms with E-state index < -0.39 is 6.10 Å². The summed E-state index contributed by atoms with van der Waals surface area (Å²) in [6, 6.07) is 5.96. The number of aliphatic hydroxyl groups excluding tert-OH is 1. The van der Waals surface area contributed by atoms with Crippen LogP contribution < -0.4 is 0 Å². The number of benzene rings is 1. The Bertz CT molecular complexity index is 749. The smallest absolute Gasteiger partial charge is 0.113 e. The molecular weight excluding hydrogens is 302 g/mol. The number of aryl methyl sites for hydroxylation is 1. The molecule has 0 spiro atoms. The van der Waals surface area contributed by atoms with Crippen molar-refractivity contribution in [3.8, 4) is 23.1 Å². The van der Waals surface area contributed by atoms with Crippen LogP contribution in [0.25, 0.3) is 11.3 Å². The molecule has 126 valence electrons. The highest BCUT2D eigenvalue weighted by Crippen LogP contribution is 2.22. The molecular formula is C19H23N3O2. The summed E-state index contributed by atoms with van der Waals surface area (Å²) in [6.07, 6.45) is 5.06. The van der Waals surface area contributed by atoms with Gasteiger partial charge in [0.25, 0.3) is 0 Å². The van der Waals surface area contributed by atoms with Gasteiger partial charge in [-0.3, -0.25) is 0 Å². The SMILES string of the molecule is Cc1cc(C#CC(C)O)ccc1-c1cn(CC2CCCCO2)nn1. The summed E-state index contributed by atoms with van der Waals surface area (Å²) < 4.78 is 7.63. The average molecular weight is 325 g/mol. The third kappa shape index (κ3) is 4.22. The minimum absolute atomic E-state index is 0.243. The lowest BCUT2D eigenvalue weighted by Gasteiger charge is -2.21. The molecule has 1 aromatic carbocycles. The maximum absolute atomic E-state index is 9.25. The van der Waals surface area contributed by atoms with Gasteiger partial charge < -0.3 is 9.84 Å². The molecule has 2 unspecified atom stereocenters. The molecule has 1 fully saturated rings. The van der Waals surface area contributed by atoms with Gasteiger partial charge in [-0.1, -0.05) is 23.1 Å². The van der Waals surface area contributed by atoms with E-state index in [9.17, 15) is 5.11 Å². The lowest BCUT2D eigenvalue weighted by Crippen LogP contribution is -2.24. The molecule has 1 aliphatic rings. The van der Waals surface area contributed by atoms with Crippen LogP contribution in [0.5, 0.6) is 0 Å². The van der Waals surface area contributed by atoms with E-state index in [0.717, 1.165) is 48.4 Å². The van der Waals surface area contributed by atoms with Crippen LogP contribution in [0.2, 0.25) is 0 Å². The first-order chi connectivity index (χ1) is 11.6. The van der Waals surface area contributed by atoms with Crippen molar-refractivity contribution in [1.29, 1.82) is 0 Å². The largest absolute Gasteiger partial charge is 0.381 e. The van der Waals surface area contributed by atoms with Gasteiger partial charge in [-0.05, 0) is 50.8 Å². The second-order valence-corrected chi connectivity index (χ2v) is 6.29. The zero-order chi connectivity index (χ0) is 16.9. The molecule has 1 N–H and O–H groups in total. The third-order valence-electron chi connectivity index (χ3n) is 4.13. The summed E-state index contributed by atoms with van der Waals surface area (Å²) in [5.41, 5.74) is 3.89. The van der Waals surface area contributed by atoms with Crippen LogP contribution in [0.1, 0.15) is 37.3 Å². The van der Waals surface area contributed by atoms with Crippen LogP contribution in [-0.2, 0) is 11.3 Å². The molecule has 5 heteroatoms. The number of ether oxygens (including phenoxy) is 1. The fraction of sp³-hybridized carbons (Fsp3) is 0.474. The lowest BCUT2D eigenvalue weighted by atomic mass is 10.0. The fourth-order valence-electron chi connectivity index (χ4n) is 2.89. The average Bonchev–Trinajstić information content (AvgIpc) is 3.02. The van der Waals surface area contributed by atoms with Crippen molar-refractivity contribution in [2.75, 3.05) is 6.61 Å². The standard InChI is InChI=1S/C19H23N3O2/c1-14-11-16(7-6-15(2)23)8-9-18(14)19-13-22(21-20-19)12-17-5-3-4-10-24-17/h8-9,11,13,15,17,23H,3-5,10,12H2,1-2H3. The Hall–Kier alpha value is -2.16. The van der Waals surface area contributed by atoms with E-state index in [1.807, 2.05) is 36.0 Å². The van der Waals surface area contributed by atoms with Crippen molar-refractivity contribution in [2.24, 2.45) is 0 Å². The van der Waals surface area contributed by atoms with Gasteiger partial charge in [-0.15, -0.1) is 5.10 Å². The topological polar surface area (TPSA) is 60.2 Å². The van der Waals surface area contributed by atoms with Gasteiger partial charge in [0, 0.05) is 17.7 Å². The van der Waals surface area contributed by atoms with Crippen molar-refractivity contribution in [3.05, 3.63) is 35.5 Å². The predicted molar refractivity (Wildman–Crippen MR) is 92.3 cm³/mol. The van der Waals surface area contributed by atoms with Gasteiger partial charge in [0.1, 0.15) is 11.8 Å². The quantitative estimate of drug-likeness (QED) is 0.881. The molecule has 0 saturated carbocycles. The van der Waals surface area contributed by atoms with E-state index in [2.05, 4.69) is 22.2 Å². The van der Waals surface area contributed by atoms with Crippen molar-refractivity contribution in [1.82, 2.24) is 15.0 Å². The number of aliphatic hydroxyl groups is 1. The Morgan fingerprint density at radius 2 is 2.29 bits per heavy atom. The van der Waals surface area contributed by atoms with Gasteiger partial charge in [-0.2, -0.15) is 0 Å². The van der Waals surface area contributed by atoms with Crippen molar-refractivity contribution >= 4 is 0 Å². The van der Waals surface area contributed by atoms with Crippen LogP contribution in [0, 0.1) is 18.8 Å². The molecule has 1 aromatic heterocycles. The first kappa shape index (κ1) is 16.7. The maximum Gasteiger partial charge on any atom is 0.113 e. The Labute approximate surface area is 142 Å². The van der Waals surface area contributed by atoms with E-state index in [4.69, 9.17) is 4.74 Å². The molecule has 2 heterocycles. The molecule has 0 amide bonds. The highest BCUT2D eigenvalue weighted by molar-refractivity contribution is 5.64. The van der Waals surface area contributed by atoms with E-state index in [1.165, 1.54) is 6.42 Å². The Kier molecular flexibility index (Phi) is 5.29. The maximum atomic E-state index is 9.25. The number of nitrogens with zero attached hydrogens (tertiary/aromatic N) is 3. The summed E-state index contributed by atoms with van der Waals surface area (Å²) in [5.74, 6) is 5.72. The van der Waals surface area contributed by atoms with E-state index in [1.54, 1.807) is 6.92 Å². The van der Waals surface area contributed by atoms with Crippen molar-refractivity contribution in [3.63, 3.8) is 0 Å². The summed E-state index contributed by atoms with van der Waals surface area (Å²) >= 11 is 0. The van der Waals surface area contributed by atoms with Crippen LogP contribution in [0.3, 0.4) is 0 Å². The third-order valence-corrected chi connectivity index (χ3v) is 4.13. The summed E-state index contributed by atoms with van der Waals surface area (Å²) in [4.78, 5) is 0. The van der Waals surface area contributed by atoms with E-state index in [-0.39, 0.29) is 6.10 Å². The Balaban J connectivity index is 1.74. The molecule has 1 aliphatic heterocycles. The number of rotatable bonds is 3. The first-order valence-electron chi connectivity index (χ1n) is 8.44. The van der Waals surface area contributed by atoms with Crippen LogP contribution in [0.4, 0.5) is 0 Å². The van der Waals surface area contributed by atoms with E-state index in [0.29, 0.717) is 0 Å². The normalized spacial score (nSPS) is 18.7. The molecule has 5 nitrogen and oxygen atoms in total. The molecule has 0 aliphatic carbocycles. The van der Waals surface area contributed by atoms with Crippen molar-refractivity contribution < 1.29 is 9.84 Å². The monoisotopic (exact) mass is 325 g/mol. The van der Waals surface area contributed by atoms with Gasteiger partial charge in [0.05, 0.1) is 18.8 Å². The highest BCUT2D eigenvalue weighted by atomic mass is 16.5. The van der Waals surface area contributed by atoms with Gasteiger partial charge in [0.2, 0.25) is 0 Å². The summed E-state index contributed by atoms with van der Waals surface area (Å²) in [5, 5.41) is 17.8. The van der Waals surface area contributed by atoms with Crippen LogP contribution in [0.15, 0.2) is 24.4 Å². The zero-order valence-corrected chi connectivity index (χ0v) is 14.2. The Morgan fingerprint density at radius 3 is 3.00 bits per heavy atom. The summed E-state index contributed by atoms with van der Waals surface area (Å²) in [7, 11) is 0. The van der Waals surface area contributed by atoms with Crippen molar-refractivity contribution in [2.45, 2.75) is 51.9 Å². The van der Waals surface area contributed by atoms with Crippen LogP contribution >= 0.6 is 0 Å². The molecule has 0 bridgehead atoms. The minimum Gasteiger partial charge on any atom is -0.381 e. The predicted octanol–water partition coefficient (Wildman–Crippen LogP) is 2.55. The lowest BCUT2D eigenvalue weighted by molar-refractivity contribution is 0.00370. The number of hydrogen-bond acceptors (Lipinski definition) is 4. The van der Waals surface area contributed by atoms with E-state index >= 15 is 0 Å². The molecule has 2 atom stereocenters. The minimum atomic E-state index is -0.619. The highest BCUT2D eigenvalue weighted by Gasteiger charge is 2.16. The molecule has 0 radical (unpaired) electrons. The molecule has 24 heavy (non-hydrogen) atoms. The zero-order valence-electron chi connectivity index (χ0n) is 14.2. The molecule has 2 aromatic rings. The second kappa shape index (κ2) is 7.61. The Morgan fingerprint density at radius 1 is 1.42 bits per heavy atom. The van der Waals surface area contributed by atoms with Crippen LogP contribution in [-0.4, -0.2) is 38.9 Å². The number of aromatic nitrogens is 3. The second-order valence-electron chi connectivity index (χ2n) is 6.29.